The van der Waals surface area contributed by atoms with Crippen LogP contribution in [0.15, 0.2) is 42.1 Å². The second kappa shape index (κ2) is 7.43. The molecular formula is C23H32N4O. The summed E-state index contributed by atoms with van der Waals surface area (Å²) in [7, 11) is 0. The number of anilines is 1. The summed E-state index contributed by atoms with van der Waals surface area (Å²) in [5.41, 5.74) is 2.62. The number of ether oxygens (including phenoxy) is 1. The van der Waals surface area contributed by atoms with Gasteiger partial charge in [-0.3, -0.25) is 4.90 Å². The maximum atomic E-state index is 6.53. The number of allylic oxidation sites excluding steroid dienone is 1. The van der Waals surface area contributed by atoms with Gasteiger partial charge >= 0.3 is 0 Å². The van der Waals surface area contributed by atoms with Gasteiger partial charge in [-0.05, 0) is 50.8 Å². The van der Waals surface area contributed by atoms with Gasteiger partial charge in [0.25, 0.3) is 0 Å². The maximum Gasteiger partial charge on any atom is 0.128 e. The molecule has 4 heterocycles. The number of rotatable bonds is 4. The van der Waals surface area contributed by atoms with Crippen LogP contribution in [0.2, 0.25) is 0 Å². The lowest BCUT2D eigenvalue weighted by Crippen LogP contribution is -2.49. The van der Waals surface area contributed by atoms with Crippen molar-refractivity contribution in [3.05, 3.63) is 47.6 Å². The zero-order valence-electron chi connectivity index (χ0n) is 17.2. The largest absolute Gasteiger partial charge is 0.491 e. The third-order valence-electron chi connectivity index (χ3n) is 7.00. The van der Waals surface area contributed by atoms with Crippen molar-refractivity contribution < 1.29 is 4.74 Å². The number of aromatic nitrogens is 1. The Balaban J connectivity index is 1.18. The first-order valence-corrected chi connectivity index (χ1v) is 10.9. The van der Waals surface area contributed by atoms with Crippen LogP contribution in [0.3, 0.4) is 0 Å². The summed E-state index contributed by atoms with van der Waals surface area (Å²) in [5.74, 6) is 3.03. The molecule has 1 saturated heterocycles. The summed E-state index contributed by atoms with van der Waals surface area (Å²) in [6, 6.07) is 4.81. The van der Waals surface area contributed by atoms with Gasteiger partial charge < -0.3 is 14.5 Å². The van der Waals surface area contributed by atoms with Gasteiger partial charge in [0.05, 0.1) is 11.7 Å². The lowest BCUT2D eigenvalue weighted by Gasteiger charge is -2.45. The van der Waals surface area contributed by atoms with Crippen LogP contribution < -0.4 is 4.90 Å². The normalized spacial score (nSPS) is 29.9. The van der Waals surface area contributed by atoms with Gasteiger partial charge in [-0.1, -0.05) is 6.08 Å². The quantitative estimate of drug-likeness (QED) is 0.798. The van der Waals surface area contributed by atoms with E-state index in [2.05, 4.69) is 57.9 Å². The highest BCUT2D eigenvalue weighted by atomic mass is 16.5. The number of hydrogen-bond acceptors (Lipinski definition) is 5. The van der Waals surface area contributed by atoms with Gasteiger partial charge in [0, 0.05) is 57.5 Å². The number of pyridine rings is 1. The molecule has 3 unspecified atom stereocenters. The van der Waals surface area contributed by atoms with Crippen molar-refractivity contribution in [2.45, 2.75) is 51.7 Å². The van der Waals surface area contributed by atoms with Gasteiger partial charge in [0.15, 0.2) is 0 Å². The highest BCUT2D eigenvalue weighted by Crippen LogP contribution is 2.42. The molecule has 2 fully saturated rings. The van der Waals surface area contributed by atoms with Crippen LogP contribution in [0.5, 0.6) is 0 Å². The highest BCUT2D eigenvalue weighted by molar-refractivity contribution is 5.41. The average molecular weight is 381 g/mol. The molecule has 3 aliphatic heterocycles. The second-order valence-electron chi connectivity index (χ2n) is 8.77. The van der Waals surface area contributed by atoms with E-state index in [1.807, 2.05) is 6.20 Å². The lowest BCUT2D eigenvalue weighted by atomic mass is 9.82. The summed E-state index contributed by atoms with van der Waals surface area (Å²) in [6.45, 7) is 9.76. The molecule has 0 aromatic carbocycles. The molecule has 0 spiro atoms. The fraction of sp³-hybridized carbons (Fsp3) is 0.609. The molecule has 0 radical (unpaired) electrons. The van der Waals surface area contributed by atoms with Crippen molar-refractivity contribution >= 4 is 5.82 Å². The first-order chi connectivity index (χ1) is 13.7. The molecule has 1 aromatic heterocycles. The van der Waals surface area contributed by atoms with E-state index in [9.17, 15) is 0 Å². The Hall–Kier alpha value is -2.01. The molecule has 0 bridgehead atoms. The monoisotopic (exact) mass is 380 g/mol. The van der Waals surface area contributed by atoms with Crippen LogP contribution in [-0.2, 0) is 4.74 Å². The Morgan fingerprint density at radius 2 is 2.00 bits per heavy atom. The number of hydrogen-bond donors (Lipinski definition) is 0. The van der Waals surface area contributed by atoms with E-state index in [-0.39, 0.29) is 0 Å². The third-order valence-corrected chi connectivity index (χ3v) is 7.00. The van der Waals surface area contributed by atoms with Crippen molar-refractivity contribution in [2.24, 2.45) is 5.92 Å². The van der Waals surface area contributed by atoms with Crippen LogP contribution in [0.1, 0.15) is 38.2 Å². The molecule has 5 heteroatoms. The smallest absolute Gasteiger partial charge is 0.128 e. The van der Waals surface area contributed by atoms with E-state index in [0.29, 0.717) is 18.1 Å². The molecule has 5 rings (SSSR count). The molecule has 28 heavy (non-hydrogen) atoms. The van der Waals surface area contributed by atoms with Crippen molar-refractivity contribution in [3.63, 3.8) is 0 Å². The molecule has 1 saturated carbocycles. The molecule has 4 aliphatic rings. The molecule has 0 N–H and O–H groups in total. The van der Waals surface area contributed by atoms with Gasteiger partial charge in [0.1, 0.15) is 17.7 Å². The average Bonchev–Trinajstić information content (AvgIpc) is 3.16. The molecular weight excluding hydrogens is 348 g/mol. The topological polar surface area (TPSA) is 31.8 Å². The van der Waals surface area contributed by atoms with E-state index >= 15 is 0 Å². The number of nitrogens with zero attached hydrogens (tertiary/aromatic N) is 4. The van der Waals surface area contributed by atoms with Crippen molar-refractivity contribution in [1.29, 1.82) is 0 Å². The molecule has 150 valence electrons. The first kappa shape index (κ1) is 18.0. The molecule has 1 aliphatic carbocycles. The van der Waals surface area contributed by atoms with Gasteiger partial charge in [-0.15, -0.1) is 0 Å². The highest BCUT2D eigenvalue weighted by Gasteiger charge is 2.44. The molecule has 5 nitrogen and oxygen atoms in total. The molecule has 3 atom stereocenters. The fourth-order valence-electron chi connectivity index (χ4n) is 5.34. The Bertz CT molecular complexity index is 781. The fourth-order valence-corrected chi connectivity index (χ4v) is 5.34. The van der Waals surface area contributed by atoms with Crippen LogP contribution in [0, 0.1) is 12.8 Å². The van der Waals surface area contributed by atoms with Crippen molar-refractivity contribution in [3.8, 4) is 0 Å². The van der Waals surface area contributed by atoms with E-state index in [1.54, 1.807) is 0 Å². The van der Waals surface area contributed by atoms with Gasteiger partial charge in [-0.2, -0.15) is 0 Å². The van der Waals surface area contributed by atoms with Crippen molar-refractivity contribution in [2.75, 3.05) is 37.6 Å². The Morgan fingerprint density at radius 1 is 1.14 bits per heavy atom. The van der Waals surface area contributed by atoms with Crippen LogP contribution in [0.25, 0.3) is 0 Å². The molecule has 1 aromatic rings. The SMILES string of the molecule is CC1=C(CCN2CCN(c3cc(C)ccn3)CC2)OC2CCCC3C=CN1C32. The van der Waals surface area contributed by atoms with E-state index in [0.717, 1.165) is 45.0 Å². The minimum Gasteiger partial charge on any atom is -0.491 e. The lowest BCUT2D eigenvalue weighted by molar-refractivity contribution is -0.0188. The van der Waals surface area contributed by atoms with Gasteiger partial charge in [0.2, 0.25) is 0 Å². The van der Waals surface area contributed by atoms with E-state index in [1.165, 1.54) is 36.3 Å². The zero-order chi connectivity index (χ0) is 19.1. The maximum absolute atomic E-state index is 6.53. The summed E-state index contributed by atoms with van der Waals surface area (Å²) in [5, 5.41) is 0. The van der Waals surface area contributed by atoms with E-state index < -0.39 is 0 Å². The summed E-state index contributed by atoms with van der Waals surface area (Å²) >= 11 is 0. The van der Waals surface area contributed by atoms with Crippen LogP contribution >= 0.6 is 0 Å². The minimum absolute atomic E-state index is 0.386. The van der Waals surface area contributed by atoms with Gasteiger partial charge in [-0.25, -0.2) is 4.98 Å². The summed E-state index contributed by atoms with van der Waals surface area (Å²) in [4.78, 5) is 12.0. The number of aryl methyl sites for hydroxylation is 1. The second-order valence-corrected chi connectivity index (χ2v) is 8.77. The number of piperazine rings is 1. The van der Waals surface area contributed by atoms with Crippen molar-refractivity contribution in [1.82, 2.24) is 14.8 Å². The minimum atomic E-state index is 0.386. The predicted molar refractivity (Wildman–Crippen MR) is 112 cm³/mol. The summed E-state index contributed by atoms with van der Waals surface area (Å²) < 4.78 is 6.53. The third kappa shape index (κ3) is 3.30. The standard InChI is InChI=1S/C23H32N4O/c1-17-6-9-24-22(16-17)26-14-12-25(13-15-26)10-8-20-18(2)27-11-7-19-4-3-5-21(28-20)23(19)27/h6-7,9,11,16,19,21,23H,3-5,8,10,12-15H2,1-2H3. The Morgan fingerprint density at radius 3 is 2.82 bits per heavy atom. The first-order valence-electron chi connectivity index (χ1n) is 10.9. The Kier molecular flexibility index (Phi) is 4.79. The molecule has 0 amide bonds. The van der Waals surface area contributed by atoms with E-state index in [4.69, 9.17) is 4.74 Å². The predicted octanol–water partition coefficient (Wildman–Crippen LogP) is 3.53. The summed E-state index contributed by atoms with van der Waals surface area (Å²) in [6.07, 6.45) is 11.9. The Labute approximate surface area is 168 Å². The van der Waals surface area contributed by atoms with Crippen LogP contribution in [-0.4, -0.2) is 59.7 Å². The van der Waals surface area contributed by atoms with Crippen LogP contribution in [0.4, 0.5) is 5.82 Å². The zero-order valence-corrected chi connectivity index (χ0v) is 17.2.